The number of esters is 1. The number of rotatable bonds is 10. The van der Waals surface area contributed by atoms with Gasteiger partial charge in [-0.1, -0.05) is 47.7 Å². The van der Waals surface area contributed by atoms with E-state index in [2.05, 4.69) is 10.3 Å². The normalized spacial score (nSPS) is 12.2. The van der Waals surface area contributed by atoms with E-state index < -0.39 is 5.97 Å². The Morgan fingerprint density at radius 3 is 2.51 bits per heavy atom. The summed E-state index contributed by atoms with van der Waals surface area (Å²) in [7, 11) is 3.09. The zero-order chi connectivity index (χ0) is 27.2. The number of fused-ring (bicyclic) bond motifs is 1. The summed E-state index contributed by atoms with van der Waals surface area (Å²) in [6.07, 6.45) is 3.27. The van der Waals surface area contributed by atoms with Crippen molar-refractivity contribution in [3.63, 3.8) is 0 Å². The maximum absolute atomic E-state index is 13.3. The number of aromatic nitrogens is 3. The summed E-state index contributed by atoms with van der Waals surface area (Å²) < 4.78 is 28.6. The van der Waals surface area contributed by atoms with Gasteiger partial charge < -0.3 is 23.7 Å². The van der Waals surface area contributed by atoms with Crippen LogP contribution in [0.1, 0.15) is 27.2 Å². The summed E-state index contributed by atoms with van der Waals surface area (Å²) in [4.78, 5) is 25.8. The van der Waals surface area contributed by atoms with Crippen molar-refractivity contribution in [3.8, 4) is 23.0 Å². The third-order valence-electron chi connectivity index (χ3n) is 5.96. The van der Waals surface area contributed by atoms with Gasteiger partial charge in [-0.2, -0.15) is 0 Å². The highest BCUT2D eigenvalue weighted by atomic mass is 16.7. The second-order valence-corrected chi connectivity index (χ2v) is 8.51. The minimum Gasteiger partial charge on any atom is -0.493 e. The topological polar surface area (TPSA) is 111 Å². The summed E-state index contributed by atoms with van der Waals surface area (Å²) in [6, 6.07) is 19.5. The molecule has 10 heteroatoms. The molecule has 0 bridgehead atoms. The molecule has 0 saturated carbocycles. The fourth-order valence-electron chi connectivity index (χ4n) is 4.00. The summed E-state index contributed by atoms with van der Waals surface area (Å²) in [6.45, 7) is -0.000802. The lowest BCUT2D eigenvalue weighted by molar-refractivity contribution is -0.137. The predicted molar refractivity (Wildman–Crippen MR) is 141 cm³/mol. The van der Waals surface area contributed by atoms with Crippen molar-refractivity contribution in [2.75, 3.05) is 21.0 Å². The molecule has 0 atom stereocenters. The van der Waals surface area contributed by atoms with Crippen molar-refractivity contribution in [1.82, 2.24) is 15.0 Å². The number of carbonyl (C=O) groups excluding carboxylic acids is 2. The van der Waals surface area contributed by atoms with E-state index >= 15 is 0 Å². The van der Waals surface area contributed by atoms with Gasteiger partial charge in [-0.15, -0.1) is 5.10 Å². The Morgan fingerprint density at radius 1 is 0.923 bits per heavy atom. The van der Waals surface area contributed by atoms with E-state index in [1.54, 1.807) is 87.2 Å². The fourth-order valence-corrected chi connectivity index (χ4v) is 4.00. The van der Waals surface area contributed by atoms with Gasteiger partial charge in [0.25, 0.3) is 0 Å². The molecule has 0 saturated heterocycles. The van der Waals surface area contributed by atoms with Crippen LogP contribution in [0.5, 0.6) is 23.0 Å². The summed E-state index contributed by atoms with van der Waals surface area (Å²) in [5, 5.41) is 8.03. The van der Waals surface area contributed by atoms with E-state index in [1.165, 1.54) is 4.68 Å². The standard InChI is InChI=1S/C29H25N3O7/c1-35-25-10-8-19(13-27(25)36-2)12-23(21-9-11-26-28(14-21)39-18-38-26)29(34)37-17-22-15-32(31-30-22)16-24(33)20-6-4-3-5-7-20/h3-15H,16-18H2,1-2H3/b23-12+. The molecular weight excluding hydrogens is 502 g/mol. The second-order valence-electron chi connectivity index (χ2n) is 8.51. The Labute approximate surface area is 224 Å². The minimum atomic E-state index is -0.585. The van der Waals surface area contributed by atoms with Gasteiger partial charge in [0.05, 0.1) is 26.0 Å². The first-order valence-electron chi connectivity index (χ1n) is 12.0. The van der Waals surface area contributed by atoms with Crippen molar-refractivity contribution < 1.29 is 33.3 Å². The molecule has 0 unspecified atom stereocenters. The molecule has 3 aromatic carbocycles. The molecule has 0 N–H and O–H groups in total. The van der Waals surface area contributed by atoms with E-state index in [9.17, 15) is 9.59 Å². The largest absolute Gasteiger partial charge is 0.493 e. The quantitative estimate of drug-likeness (QED) is 0.130. The molecule has 39 heavy (non-hydrogen) atoms. The molecule has 0 aliphatic carbocycles. The smallest absolute Gasteiger partial charge is 0.339 e. The molecule has 0 amide bonds. The van der Waals surface area contributed by atoms with Crippen LogP contribution in [-0.2, 0) is 22.7 Å². The van der Waals surface area contributed by atoms with Gasteiger partial charge in [-0.05, 0) is 41.5 Å². The van der Waals surface area contributed by atoms with Gasteiger partial charge in [0.2, 0.25) is 6.79 Å². The van der Waals surface area contributed by atoms with Gasteiger partial charge in [0, 0.05) is 5.56 Å². The molecule has 1 aromatic heterocycles. The van der Waals surface area contributed by atoms with Gasteiger partial charge in [0.15, 0.2) is 28.8 Å². The lowest BCUT2D eigenvalue weighted by Gasteiger charge is -2.11. The van der Waals surface area contributed by atoms with Crippen LogP contribution in [0.15, 0.2) is 72.9 Å². The van der Waals surface area contributed by atoms with Crippen LogP contribution in [0, 0.1) is 0 Å². The summed E-state index contributed by atoms with van der Waals surface area (Å²) in [5.41, 5.74) is 2.54. The number of hydrogen-bond donors (Lipinski definition) is 0. The number of Topliss-reactive ketones (excluding diaryl/α,β-unsaturated/α-hetero) is 1. The second kappa shape index (κ2) is 11.5. The molecule has 4 aromatic rings. The van der Waals surface area contributed by atoms with Crippen LogP contribution in [0.4, 0.5) is 0 Å². The molecule has 10 nitrogen and oxygen atoms in total. The van der Waals surface area contributed by atoms with Crippen molar-refractivity contribution in [1.29, 1.82) is 0 Å². The molecule has 1 aliphatic rings. The van der Waals surface area contributed by atoms with Crippen molar-refractivity contribution in [2.45, 2.75) is 13.2 Å². The first-order chi connectivity index (χ1) is 19.0. The highest BCUT2D eigenvalue weighted by Crippen LogP contribution is 2.36. The first kappa shape index (κ1) is 25.5. The van der Waals surface area contributed by atoms with Crippen molar-refractivity contribution in [2.24, 2.45) is 0 Å². The van der Waals surface area contributed by atoms with Crippen LogP contribution in [0.3, 0.4) is 0 Å². The van der Waals surface area contributed by atoms with Gasteiger partial charge in [0.1, 0.15) is 18.8 Å². The van der Waals surface area contributed by atoms with Crippen molar-refractivity contribution in [3.05, 3.63) is 95.3 Å². The number of ketones is 1. The van der Waals surface area contributed by atoms with Crippen LogP contribution in [-0.4, -0.2) is 47.8 Å². The molecule has 0 fully saturated rings. The van der Waals surface area contributed by atoms with Gasteiger partial charge in [-0.25, -0.2) is 9.48 Å². The fraction of sp³-hybridized carbons (Fsp3) is 0.172. The molecular formula is C29H25N3O7. The summed E-state index contributed by atoms with van der Waals surface area (Å²) in [5.74, 6) is 1.52. The number of benzene rings is 3. The maximum Gasteiger partial charge on any atom is 0.339 e. The molecule has 5 rings (SSSR count). The molecule has 2 heterocycles. The average Bonchev–Trinajstić information content (AvgIpc) is 3.63. The Balaban J connectivity index is 1.35. The molecule has 0 spiro atoms. The lowest BCUT2D eigenvalue weighted by atomic mass is 10.0. The Morgan fingerprint density at radius 2 is 1.72 bits per heavy atom. The minimum absolute atomic E-state index is 0.0204. The SMILES string of the molecule is COc1ccc(/C=C(/C(=O)OCc2cn(CC(=O)c3ccccc3)nn2)c2ccc3c(c2)OCO3)cc1OC. The number of hydrogen-bond acceptors (Lipinski definition) is 9. The molecule has 1 aliphatic heterocycles. The van der Waals surface area contributed by atoms with E-state index in [0.29, 0.717) is 45.4 Å². The van der Waals surface area contributed by atoms with Crippen LogP contribution >= 0.6 is 0 Å². The number of ether oxygens (including phenoxy) is 5. The zero-order valence-corrected chi connectivity index (χ0v) is 21.3. The van der Waals surface area contributed by atoms with Crippen molar-refractivity contribution >= 4 is 23.4 Å². The monoisotopic (exact) mass is 527 g/mol. The molecule has 0 radical (unpaired) electrons. The lowest BCUT2D eigenvalue weighted by Crippen LogP contribution is -2.11. The Kier molecular flexibility index (Phi) is 7.53. The average molecular weight is 528 g/mol. The highest BCUT2D eigenvalue weighted by Gasteiger charge is 2.20. The van der Waals surface area contributed by atoms with Crippen LogP contribution < -0.4 is 18.9 Å². The Hall–Kier alpha value is -5.12. The highest BCUT2D eigenvalue weighted by molar-refractivity contribution is 6.21. The summed E-state index contributed by atoms with van der Waals surface area (Å²) >= 11 is 0. The third-order valence-corrected chi connectivity index (χ3v) is 5.96. The number of methoxy groups -OCH3 is 2. The van der Waals surface area contributed by atoms with Gasteiger partial charge in [-0.3, -0.25) is 4.79 Å². The maximum atomic E-state index is 13.3. The van der Waals surface area contributed by atoms with E-state index in [-0.39, 0.29) is 31.3 Å². The van der Waals surface area contributed by atoms with E-state index in [0.717, 1.165) is 0 Å². The predicted octanol–water partition coefficient (Wildman–Crippen LogP) is 4.19. The van der Waals surface area contributed by atoms with Gasteiger partial charge >= 0.3 is 5.97 Å². The number of nitrogens with zero attached hydrogens (tertiary/aromatic N) is 3. The van der Waals surface area contributed by atoms with Crippen LogP contribution in [0.25, 0.3) is 11.6 Å². The number of carbonyl (C=O) groups is 2. The first-order valence-corrected chi connectivity index (χ1v) is 12.0. The van der Waals surface area contributed by atoms with E-state index in [4.69, 9.17) is 23.7 Å². The van der Waals surface area contributed by atoms with E-state index in [1.807, 2.05) is 6.07 Å². The molecule has 198 valence electrons. The Bertz CT molecular complexity index is 1530. The van der Waals surface area contributed by atoms with Crippen LogP contribution in [0.2, 0.25) is 0 Å². The third kappa shape index (κ3) is 5.90. The zero-order valence-electron chi connectivity index (χ0n) is 21.3.